The van der Waals surface area contributed by atoms with Gasteiger partial charge in [0.15, 0.2) is 9.84 Å². The number of carbonyl (C=O) groups is 2. The Balaban J connectivity index is 2.83. The van der Waals surface area contributed by atoms with E-state index in [1.54, 1.807) is 18.2 Å². The van der Waals surface area contributed by atoms with Crippen LogP contribution in [0.5, 0.6) is 0 Å². The summed E-state index contributed by atoms with van der Waals surface area (Å²) in [7, 11) is -3.46. The third-order valence-corrected chi connectivity index (χ3v) is 4.06. The maximum Gasteiger partial charge on any atom is 0.307 e. The van der Waals surface area contributed by atoms with Gasteiger partial charge in [-0.2, -0.15) is 0 Å². The van der Waals surface area contributed by atoms with Crippen LogP contribution in [0, 0.1) is 0 Å². The fourth-order valence-electron chi connectivity index (χ4n) is 1.37. The van der Waals surface area contributed by atoms with Gasteiger partial charge in [-0.05, 0) is 24.6 Å². The van der Waals surface area contributed by atoms with E-state index < -0.39 is 27.0 Å². The Hall–Kier alpha value is -1.89. The van der Waals surface area contributed by atoms with Crippen molar-refractivity contribution in [3.8, 4) is 0 Å². The highest BCUT2D eigenvalue weighted by Crippen LogP contribution is 2.12. The second-order valence-corrected chi connectivity index (χ2v) is 6.60. The molecule has 0 aliphatic carbocycles. The third-order valence-electron chi connectivity index (χ3n) is 2.56. The van der Waals surface area contributed by atoms with Gasteiger partial charge in [0.05, 0.1) is 6.42 Å². The fraction of sp³-hybridized carbons (Fsp3) is 0.333. The Kier molecular flexibility index (Phi) is 4.66. The smallest absolute Gasteiger partial charge is 0.307 e. The molecule has 0 bridgehead atoms. The van der Waals surface area contributed by atoms with Crippen LogP contribution >= 0.6 is 0 Å². The standard InChI is InChI=1S/C12H15NO5S/c1-8(19(2,17)18)12(16)13-10-5-3-4-9(6-10)7-11(14)15/h3-6,8H,7H2,1-2H3,(H,13,16)(H,14,15). The third kappa shape index (κ3) is 4.70. The minimum atomic E-state index is -3.46. The first kappa shape index (κ1) is 15.2. The Labute approximate surface area is 111 Å². The summed E-state index contributed by atoms with van der Waals surface area (Å²) in [5, 5.41) is 9.96. The molecule has 0 aliphatic rings. The minimum absolute atomic E-state index is 0.161. The Morgan fingerprint density at radius 2 is 2.00 bits per heavy atom. The van der Waals surface area contributed by atoms with E-state index in [0.717, 1.165) is 6.26 Å². The average molecular weight is 285 g/mol. The number of carboxylic acid groups (broad SMARTS) is 1. The first-order valence-corrected chi connectivity index (χ1v) is 7.46. The van der Waals surface area contributed by atoms with Gasteiger partial charge in [-0.3, -0.25) is 9.59 Å². The van der Waals surface area contributed by atoms with E-state index in [0.29, 0.717) is 11.3 Å². The topological polar surface area (TPSA) is 101 Å². The number of hydrogen-bond acceptors (Lipinski definition) is 4. The van der Waals surface area contributed by atoms with E-state index >= 15 is 0 Å². The van der Waals surface area contributed by atoms with Crippen molar-refractivity contribution in [1.82, 2.24) is 0 Å². The summed E-state index contributed by atoms with van der Waals surface area (Å²) in [6, 6.07) is 6.28. The average Bonchev–Trinajstić information content (AvgIpc) is 2.26. The van der Waals surface area contributed by atoms with Crippen molar-refractivity contribution in [1.29, 1.82) is 0 Å². The van der Waals surface area contributed by atoms with Crippen molar-refractivity contribution < 1.29 is 23.1 Å². The van der Waals surface area contributed by atoms with Gasteiger partial charge in [0.2, 0.25) is 5.91 Å². The molecule has 0 aromatic heterocycles. The van der Waals surface area contributed by atoms with E-state index in [9.17, 15) is 18.0 Å². The quantitative estimate of drug-likeness (QED) is 0.828. The summed E-state index contributed by atoms with van der Waals surface area (Å²) in [5.74, 6) is -1.62. The number of aliphatic carboxylic acids is 1. The van der Waals surface area contributed by atoms with Crippen LogP contribution in [-0.4, -0.2) is 36.9 Å². The molecule has 0 aliphatic heterocycles. The van der Waals surface area contributed by atoms with Crippen molar-refractivity contribution in [3.63, 3.8) is 0 Å². The van der Waals surface area contributed by atoms with E-state index in [1.807, 2.05) is 0 Å². The zero-order chi connectivity index (χ0) is 14.6. The van der Waals surface area contributed by atoms with Gasteiger partial charge in [0.25, 0.3) is 0 Å². The molecule has 1 amide bonds. The Morgan fingerprint density at radius 1 is 1.37 bits per heavy atom. The van der Waals surface area contributed by atoms with Gasteiger partial charge >= 0.3 is 5.97 Å². The van der Waals surface area contributed by atoms with Crippen LogP contribution in [0.15, 0.2) is 24.3 Å². The molecule has 0 radical (unpaired) electrons. The van der Waals surface area contributed by atoms with Crippen LogP contribution in [0.4, 0.5) is 5.69 Å². The van der Waals surface area contributed by atoms with Crippen LogP contribution in [0.3, 0.4) is 0 Å². The summed E-state index contributed by atoms with van der Waals surface area (Å²) in [5.41, 5.74) is 0.900. The lowest BCUT2D eigenvalue weighted by Gasteiger charge is -2.11. The molecule has 2 N–H and O–H groups in total. The fourth-order valence-corrected chi connectivity index (χ4v) is 1.82. The molecule has 7 heteroatoms. The number of carbonyl (C=O) groups excluding carboxylic acids is 1. The normalized spacial score (nSPS) is 12.7. The number of nitrogens with one attached hydrogen (secondary N) is 1. The second-order valence-electron chi connectivity index (χ2n) is 4.23. The Morgan fingerprint density at radius 3 is 2.53 bits per heavy atom. The van der Waals surface area contributed by atoms with Crippen molar-refractivity contribution in [3.05, 3.63) is 29.8 Å². The van der Waals surface area contributed by atoms with Crippen LogP contribution in [0.1, 0.15) is 12.5 Å². The van der Waals surface area contributed by atoms with Gasteiger partial charge in [0.1, 0.15) is 5.25 Å². The summed E-state index contributed by atoms with van der Waals surface area (Å²) >= 11 is 0. The van der Waals surface area contributed by atoms with Gasteiger partial charge in [-0.15, -0.1) is 0 Å². The molecular formula is C12H15NO5S. The van der Waals surface area contributed by atoms with Crippen molar-refractivity contribution >= 4 is 27.4 Å². The molecule has 6 nitrogen and oxygen atoms in total. The molecule has 1 rings (SSSR count). The van der Waals surface area contributed by atoms with Crippen LogP contribution in [-0.2, 0) is 25.8 Å². The van der Waals surface area contributed by atoms with E-state index in [-0.39, 0.29) is 6.42 Å². The molecule has 0 fully saturated rings. The SMILES string of the molecule is CC(C(=O)Nc1cccc(CC(=O)O)c1)S(C)(=O)=O. The molecule has 1 atom stereocenters. The molecule has 0 saturated heterocycles. The van der Waals surface area contributed by atoms with Gasteiger partial charge in [-0.25, -0.2) is 8.42 Å². The van der Waals surface area contributed by atoms with Crippen LogP contribution < -0.4 is 5.32 Å². The predicted molar refractivity (Wildman–Crippen MR) is 70.7 cm³/mol. The zero-order valence-corrected chi connectivity index (χ0v) is 11.4. The molecule has 0 spiro atoms. The van der Waals surface area contributed by atoms with Gasteiger partial charge in [0, 0.05) is 11.9 Å². The lowest BCUT2D eigenvalue weighted by atomic mass is 10.1. The molecule has 1 aromatic rings. The summed E-state index contributed by atoms with van der Waals surface area (Å²) < 4.78 is 22.5. The van der Waals surface area contributed by atoms with Crippen molar-refractivity contribution in [2.75, 3.05) is 11.6 Å². The first-order chi connectivity index (χ1) is 8.70. The first-order valence-electron chi connectivity index (χ1n) is 5.50. The van der Waals surface area contributed by atoms with Crippen molar-refractivity contribution in [2.24, 2.45) is 0 Å². The Bertz CT molecular complexity index is 594. The number of hydrogen-bond donors (Lipinski definition) is 2. The highest BCUT2D eigenvalue weighted by atomic mass is 32.2. The largest absolute Gasteiger partial charge is 0.481 e. The number of carboxylic acids is 1. The minimum Gasteiger partial charge on any atom is -0.481 e. The highest BCUT2D eigenvalue weighted by Gasteiger charge is 2.23. The van der Waals surface area contributed by atoms with Crippen LogP contribution in [0.2, 0.25) is 0 Å². The number of rotatable bonds is 5. The monoisotopic (exact) mass is 285 g/mol. The molecule has 19 heavy (non-hydrogen) atoms. The van der Waals surface area contributed by atoms with Gasteiger partial charge < -0.3 is 10.4 Å². The summed E-state index contributed by atoms with van der Waals surface area (Å²) in [4.78, 5) is 22.3. The maximum absolute atomic E-state index is 11.7. The zero-order valence-electron chi connectivity index (χ0n) is 10.6. The summed E-state index contributed by atoms with van der Waals surface area (Å²) in [6.07, 6.45) is 0.823. The summed E-state index contributed by atoms with van der Waals surface area (Å²) in [6.45, 7) is 1.30. The van der Waals surface area contributed by atoms with E-state index in [2.05, 4.69) is 5.32 Å². The molecule has 1 aromatic carbocycles. The van der Waals surface area contributed by atoms with E-state index in [4.69, 9.17) is 5.11 Å². The molecule has 0 saturated carbocycles. The van der Waals surface area contributed by atoms with E-state index in [1.165, 1.54) is 13.0 Å². The van der Waals surface area contributed by atoms with Crippen LogP contribution in [0.25, 0.3) is 0 Å². The number of anilines is 1. The lowest BCUT2D eigenvalue weighted by Crippen LogP contribution is -2.31. The second kappa shape index (κ2) is 5.83. The van der Waals surface area contributed by atoms with Crippen molar-refractivity contribution in [2.45, 2.75) is 18.6 Å². The van der Waals surface area contributed by atoms with Gasteiger partial charge in [-0.1, -0.05) is 12.1 Å². The molecule has 104 valence electrons. The molecule has 0 heterocycles. The molecular weight excluding hydrogens is 270 g/mol. The number of amides is 1. The number of sulfone groups is 1. The lowest BCUT2D eigenvalue weighted by molar-refractivity contribution is -0.136. The molecule has 1 unspecified atom stereocenters. The number of benzene rings is 1. The highest BCUT2D eigenvalue weighted by molar-refractivity contribution is 7.92. The predicted octanol–water partition coefficient (Wildman–Crippen LogP) is 0.685. The maximum atomic E-state index is 11.7.